The average molecular weight is 332 g/mol. The van der Waals surface area contributed by atoms with Gasteiger partial charge in [0.25, 0.3) is 0 Å². The Morgan fingerprint density at radius 2 is 1.87 bits per heavy atom. The molecule has 0 spiro atoms. The molecule has 1 saturated heterocycles. The fraction of sp³-hybridized carbons (Fsp3) is 0.700. The van der Waals surface area contributed by atoms with Gasteiger partial charge in [0.15, 0.2) is 8.32 Å². The van der Waals surface area contributed by atoms with E-state index in [1.807, 2.05) is 0 Å². The van der Waals surface area contributed by atoms with Crippen molar-refractivity contribution in [2.75, 3.05) is 18.1 Å². The summed E-state index contributed by atoms with van der Waals surface area (Å²) in [5.41, 5.74) is 1.77. The van der Waals surface area contributed by atoms with Gasteiger partial charge < -0.3 is 9.33 Å². The van der Waals surface area contributed by atoms with E-state index in [2.05, 4.69) is 76.0 Å². The topological polar surface area (TPSA) is 12.5 Å². The van der Waals surface area contributed by atoms with Crippen molar-refractivity contribution < 1.29 is 4.43 Å². The van der Waals surface area contributed by atoms with Crippen LogP contribution >= 0.6 is 0 Å². The van der Waals surface area contributed by atoms with Gasteiger partial charge >= 0.3 is 0 Å². The smallest absolute Gasteiger partial charge is 0.191 e. The molecule has 1 aromatic rings. The average Bonchev–Trinajstić information content (AvgIpc) is 2.87. The van der Waals surface area contributed by atoms with Gasteiger partial charge in [-0.2, -0.15) is 0 Å². The molecule has 23 heavy (non-hydrogen) atoms. The van der Waals surface area contributed by atoms with Crippen molar-refractivity contribution in [3.8, 4) is 0 Å². The third-order valence-corrected chi connectivity index (χ3v) is 11.4. The van der Waals surface area contributed by atoms with Gasteiger partial charge in [-0.15, -0.1) is 0 Å². The van der Waals surface area contributed by atoms with Gasteiger partial charge in [0.05, 0.1) is 0 Å². The highest BCUT2D eigenvalue weighted by Crippen LogP contribution is 2.63. The van der Waals surface area contributed by atoms with Gasteiger partial charge in [0, 0.05) is 24.4 Å². The molecule has 1 unspecified atom stereocenters. The van der Waals surface area contributed by atoms with Crippen LogP contribution in [-0.2, 0) is 4.43 Å². The third-order valence-electron chi connectivity index (χ3n) is 6.89. The van der Waals surface area contributed by atoms with Crippen molar-refractivity contribution in [2.24, 2.45) is 11.8 Å². The van der Waals surface area contributed by atoms with E-state index >= 15 is 0 Å². The van der Waals surface area contributed by atoms with Crippen molar-refractivity contribution in [1.82, 2.24) is 0 Å². The van der Waals surface area contributed by atoms with Crippen LogP contribution < -0.4 is 4.90 Å². The Balaban J connectivity index is 1.58. The fourth-order valence-electron chi connectivity index (χ4n) is 4.25. The maximum absolute atomic E-state index is 6.42. The minimum absolute atomic E-state index is 0.312. The lowest BCUT2D eigenvalue weighted by Crippen LogP contribution is -2.41. The summed E-state index contributed by atoms with van der Waals surface area (Å²) in [6.07, 6.45) is 2.56. The first-order valence-electron chi connectivity index (χ1n) is 9.14. The van der Waals surface area contributed by atoms with E-state index in [1.165, 1.54) is 25.1 Å². The van der Waals surface area contributed by atoms with Gasteiger partial charge in [-0.1, -0.05) is 39.0 Å². The van der Waals surface area contributed by atoms with E-state index in [0.29, 0.717) is 10.6 Å². The summed E-state index contributed by atoms with van der Waals surface area (Å²) in [6.45, 7) is 16.3. The molecule has 1 saturated carbocycles. The van der Waals surface area contributed by atoms with E-state index in [0.717, 1.165) is 18.4 Å². The Kier molecular flexibility index (Phi) is 4.17. The molecule has 3 heteroatoms. The lowest BCUT2D eigenvalue weighted by molar-refractivity contribution is 0.267. The Hall–Kier alpha value is -0.803. The zero-order valence-corrected chi connectivity index (χ0v) is 16.7. The fourth-order valence-corrected chi connectivity index (χ4v) is 5.31. The first-order valence-corrected chi connectivity index (χ1v) is 12.1. The minimum atomic E-state index is -1.60. The van der Waals surface area contributed by atoms with Gasteiger partial charge in [0.2, 0.25) is 0 Å². The molecule has 3 rings (SSSR count). The van der Waals surface area contributed by atoms with Crippen molar-refractivity contribution in [3.63, 3.8) is 0 Å². The zero-order chi connectivity index (χ0) is 16.9. The molecule has 128 valence electrons. The minimum Gasteiger partial charge on any atom is -0.417 e. The van der Waals surface area contributed by atoms with Crippen LogP contribution in [0.2, 0.25) is 18.1 Å². The molecule has 0 radical (unpaired) electrons. The standard InChI is InChI=1S/C20H33NOSi/c1-19(2,3)23(5,6)22-15-13-18-17-12-14-21(20(17,18)4)16-10-8-7-9-11-16/h7-11,17-18H,12-15H2,1-6H3/t17-,18?,20-/m0/s1. The monoisotopic (exact) mass is 331 g/mol. The van der Waals surface area contributed by atoms with Crippen LogP contribution in [0.25, 0.3) is 0 Å². The Morgan fingerprint density at radius 3 is 2.48 bits per heavy atom. The largest absolute Gasteiger partial charge is 0.417 e. The van der Waals surface area contributed by atoms with E-state index in [9.17, 15) is 0 Å². The van der Waals surface area contributed by atoms with E-state index in [1.54, 1.807) is 0 Å². The van der Waals surface area contributed by atoms with Gasteiger partial charge in [0.1, 0.15) is 0 Å². The van der Waals surface area contributed by atoms with Crippen LogP contribution in [0.5, 0.6) is 0 Å². The van der Waals surface area contributed by atoms with E-state index in [-0.39, 0.29) is 0 Å². The maximum Gasteiger partial charge on any atom is 0.191 e. The summed E-state index contributed by atoms with van der Waals surface area (Å²) < 4.78 is 6.42. The number of benzene rings is 1. The number of hydrogen-bond donors (Lipinski definition) is 0. The molecule has 2 aliphatic rings. The number of rotatable bonds is 5. The summed E-state index contributed by atoms with van der Waals surface area (Å²) in [6, 6.07) is 10.9. The normalized spacial score (nSPS) is 30.4. The Morgan fingerprint density at radius 1 is 1.22 bits per heavy atom. The van der Waals surface area contributed by atoms with Crippen molar-refractivity contribution in [1.29, 1.82) is 0 Å². The molecular weight excluding hydrogens is 298 g/mol. The molecule has 1 aromatic carbocycles. The molecule has 3 atom stereocenters. The second-order valence-electron chi connectivity index (χ2n) is 9.11. The molecule has 1 aliphatic heterocycles. The Labute approximate surface area is 143 Å². The predicted octanol–water partition coefficient (Wildman–Crippen LogP) is 5.31. The summed E-state index contributed by atoms with van der Waals surface area (Å²) in [4.78, 5) is 2.65. The summed E-state index contributed by atoms with van der Waals surface area (Å²) in [5, 5.41) is 0.312. The predicted molar refractivity (Wildman–Crippen MR) is 102 cm³/mol. The zero-order valence-electron chi connectivity index (χ0n) is 15.7. The molecular formula is C20H33NOSi. The molecule has 2 fully saturated rings. The number of anilines is 1. The van der Waals surface area contributed by atoms with Crippen LogP contribution in [0.4, 0.5) is 5.69 Å². The molecule has 2 nitrogen and oxygen atoms in total. The van der Waals surface area contributed by atoms with Crippen molar-refractivity contribution in [2.45, 2.75) is 64.2 Å². The molecule has 1 heterocycles. The highest BCUT2D eigenvalue weighted by Gasteiger charge is 2.67. The summed E-state index contributed by atoms with van der Waals surface area (Å²) >= 11 is 0. The van der Waals surface area contributed by atoms with Crippen LogP contribution in [0.1, 0.15) is 40.5 Å². The lowest BCUT2D eigenvalue weighted by atomic mass is 10.1. The van der Waals surface area contributed by atoms with Crippen molar-refractivity contribution in [3.05, 3.63) is 30.3 Å². The first kappa shape index (κ1) is 17.0. The summed E-state index contributed by atoms with van der Waals surface area (Å²) in [5.74, 6) is 1.67. The van der Waals surface area contributed by atoms with E-state index < -0.39 is 8.32 Å². The third kappa shape index (κ3) is 2.87. The highest BCUT2D eigenvalue weighted by atomic mass is 28.4. The number of para-hydroxylation sites is 1. The molecule has 0 bridgehead atoms. The van der Waals surface area contributed by atoms with Gasteiger partial charge in [-0.25, -0.2) is 0 Å². The first-order chi connectivity index (χ1) is 10.7. The van der Waals surface area contributed by atoms with E-state index in [4.69, 9.17) is 4.43 Å². The highest BCUT2D eigenvalue weighted by molar-refractivity contribution is 6.74. The maximum atomic E-state index is 6.42. The quantitative estimate of drug-likeness (QED) is 0.678. The van der Waals surface area contributed by atoms with Crippen LogP contribution in [0, 0.1) is 11.8 Å². The number of hydrogen-bond acceptors (Lipinski definition) is 2. The van der Waals surface area contributed by atoms with Crippen molar-refractivity contribution >= 4 is 14.0 Å². The van der Waals surface area contributed by atoms with Gasteiger partial charge in [-0.3, -0.25) is 0 Å². The SMILES string of the molecule is CC(C)(C)[Si](C)(C)OCCC1[C@@H]2CCN(c3ccccc3)[C@]12C. The summed E-state index contributed by atoms with van der Waals surface area (Å²) in [7, 11) is -1.60. The molecule has 0 amide bonds. The van der Waals surface area contributed by atoms with Crippen LogP contribution in [0.3, 0.4) is 0 Å². The second kappa shape index (κ2) is 5.63. The van der Waals surface area contributed by atoms with Crippen LogP contribution in [0.15, 0.2) is 30.3 Å². The number of nitrogens with zero attached hydrogens (tertiary/aromatic N) is 1. The molecule has 1 aliphatic carbocycles. The molecule has 0 N–H and O–H groups in total. The number of fused-ring (bicyclic) bond motifs is 1. The number of piperidine rings is 1. The molecule has 0 aromatic heterocycles. The second-order valence-corrected chi connectivity index (χ2v) is 13.9. The van der Waals surface area contributed by atoms with Crippen LogP contribution in [-0.4, -0.2) is 27.0 Å². The van der Waals surface area contributed by atoms with Gasteiger partial charge in [-0.05, 0) is 61.9 Å². The lowest BCUT2D eigenvalue weighted by Gasteiger charge is -2.36. The Bertz CT molecular complexity index is 551.